The van der Waals surface area contributed by atoms with Gasteiger partial charge in [-0.2, -0.15) is 0 Å². The Bertz CT molecular complexity index is 400. The fourth-order valence-electron chi connectivity index (χ4n) is 2.27. The molecule has 0 spiro atoms. The molecule has 0 aliphatic rings. The summed E-state index contributed by atoms with van der Waals surface area (Å²) in [4.78, 5) is 24.6. The fraction of sp³-hybridized carbons (Fsp3) is 0.750. The molecule has 6 nitrogen and oxygen atoms in total. The first-order valence-corrected chi connectivity index (χ1v) is 7.62. The van der Waals surface area contributed by atoms with Gasteiger partial charge in [0.1, 0.15) is 6.04 Å². The van der Waals surface area contributed by atoms with Crippen molar-refractivity contribution in [3.8, 4) is 0 Å². The van der Waals surface area contributed by atoms with Crippen LogP contribution >= 0.6 is 0 Å². The lowest BCUT2D eigenvalue weighted by Gasteiger charge is -2.31. The van der Waals surface area contributed by atoms with Crippen molar-refractivity contribution in [2.75, 3.05) is 7.05 Å². The van der Waals surface area contributed by atoms with Gasteiger partial charge < -0.3 is 10.6 Å². The number of allylic oxidation sites excluding steroid dienone is 1. The molecule has 22 heavy (non-hydrogen) atoms. The van der Waals surface area contributed by atoms with E-state index in [9.17, 15) is 9.59 Å². The number of hydroxylamine groups is 1. The second-order valence-corrected chi connectivity index (χ2v) is 7.17. The van der Waals surface area contributed by atoms with Crippen LogP contribution in [0.5, 0.6) is 0 Å². The first-order chi connectivity index (χ1) is 10.0. The summed E-state index contributed by atoms with van der Waals surface area (Å²) in [7, 11) is 1.55. The standard InChI is InChI=1S/C16H31N3O3/c1-10(2)8-12(9-11(3)19-22)14(20)18-13(15(21)17-7)16(4,5)6/h10,12-13,19,22H,3,8-9H2,1-2,4-7H3,(H,17,21)(H,18,20). The highest BCUT2D eigenvalue weighted by atomic mass is 16.5. The first-order valence-electron chi connectivity index (χ1n) is 7.62. The Morgan fingerprint density at radius 2 is 1.73 bits per heavy atom. The minimum absolute atomic E-state index is 0.200. The van der Waals surface area contributed by atoms with E-state index in [0.717, 1.165) is 0 Å². The predicted octanol–water partition coefficient (Wildman–Crippen LogP) is 1.81. The van der Waals surface area contributed by atoms with Crippen LogP contribution in [0.25, 0.3) is 0 Å². The molecular formula is C16H31N3O3. The molecule has 0 heterocycles. The lowest BCUT2D eigenvalue weighted by atomic mass is 9.85. The summed E-state index contributed by atoms with van der Waals surface area (Å²) in [6, 6.07) is -0.616. The maximum absolute atomic E-state index is 12.6. The molecule has 0 radical (unpaired) electrons. The van der Waals surface area contributed by atoms with Gasteiger partial charge in [0.05, 0.1) is 0 Å². The summed E-state index contributed by atoms with van der Waals surface area (Å²) in [5, 5.41) is 14.3. The molecule has 0 aromatic heterocycles. The van der Waals surface area contributed by atoms with Gasteiger partial charge in [-0.1, -0.05) is 41.2 Å². The summed E-state index contributed by atoms with van der Waals surface area (Å²) >= 11 is 0. The van der Waals surface area contributed by atoms with Gasteiger partial charge in [-0.05, 0) is 17.8 Å². The monoisotopic (exact) mass is 313 g/mol. The molecule has 128 valence electrons. The van der Waals surface area contributed by atoms with Gasteiger partial charge in [-0.25, -0.2) is 0 Å². The minimum atomic E-state index is -0.616. The average molecular weight is 313 g/mol. The highest BCUT2D eigenvalue weighted by molar-refractivity contribution is 5.89. The third-order valence-corrected chi connectivity index (χ3v) is 3.44. The summed E-state index contributed by atoms with van der Waals surface area (Å²) in [5.41, 5.74) is 1.97. The van der Waals surface area contributed by atoms with E-state index >= 15 is 0 Å². The predicted molar refractivity (Wildman–Crippen MR) is 87.1 cm³/mol. The van der Waals surface area contributed by atoms with Crippen molar-refractivity contribution >= 4 is 11.8 Å². The molecule has 0 saturated carbocycles. The van der Waals surface area contributed by atoms with Crippen LogP contribution in [-0.4, -0.2) is 30.1 Å². The number of hydrogen-bond donors (Lipinski definition) is 4. The number of amides is 2. The first kappa shape index (κ1) is 20.4. The number of carbonyl (C=O) groups excluding carboxylic acids is 2. The van der Waals surface area contributed by atoms with E-state index < -0.39 is 11.5 Å². The average Bonchev–Trinajstić information content (AvgIpc) is 2.40. The SMILES string of the molecule is C=C(CC(CC(C)C)C(=O)NC(C(=O)NC)C(C)(C)C)NO. The number of carbonyl (C=O) groups is 2. The van der Waals surface area contributed by atoms with Crippen LogP contribution in [0, 0.1) is 17.3 Å². The van der Waals surface area contributed by atoms with Gasteiger partial charge in [0.2, 0.25) is 11.8 Å². The van der Waals surface area contributed by atoms with Gasteiger partial charge >= 0.3 is 0 Å². The van der Waals surface area contributed by atoms with E-state index in [-0.39, 0.29) is 17.7 Å². The van der Waals surface area contributed by atoms with Crippen LogP contribution in [0.3, 0.4) is 0 Å². The molecule has 0 saturated heterocycles. The highest BCUT2D eigenvalue weighted by Crippen LogP contribution is 2.23. The van der Waals surface area contributed by atoms with Crippen LogP contribution in [-0.2, 0) is 9.59 Å². The Kier molecular flexibility index (Phi) is 8.16. The van der Waals surface area contributed by atoms with Crippen LogP contribution in [0.15, 0.2) is 12.3 Å². The molecule has 0 bridgehead atoms. The molecule has 0 aliphatic carbocycles. The van der Waals surface area contributed by atoms with Crippen molar-refractivity contribution in [3.05, 3.63) is 12.3 Å². The molecular weight excluding hydrogens is 282 g/mol. The van der Waals surface area contributed by atoms with Gasteiger partial charge in [0.15, 0.2) is 0 Å². The third kappa shape index (κ3) is 6.93. The fourth-order valence-corrected chi connectivity index (χ4v) is 2.27. The van der Waals surface area contributed by atoms with Gasteiger partial charge in [-0.3, -0.25) is 20.3 Å². The Morgan fingerprint density at radius 1 is 1.18 bits per heavy atom. The lowest BCUT2D eigenvalue weighted by Crippen LogP contribution is -2.54. The van der Waals surface area contributed by atoms with E-state index in [2.05, 4.69) is 17.2 Å². The molecule has 6 heteroatoms. The lowest BCUT2D eigenvalue weighted by molar-refractivity contribution is -0.133. The molecule has 0 rings (SSSR count). The Hall–Kier alpha value is -1.56. The zero-order chi connectivity index (χ0) is 17.5. The second kappa shape index (κ2) is 8.78. The van der Waals surface area contributed by atoms with Crippen LogP contribution in [0.2, 0.25) is 0 Å². The molecule has 2 unspecified atom stereocenters. The normalized spacial score (nSPS) is 14.2. The quantitative estimate of drug-likeness (QED) is 0.514. The minimum Gasteiger partial charge on any atom is -0.357 e. The maximum Gasteiger partial charge on any atom is 0.242 e. The third-order valence-electron chi connectivity index (χ3n) is 3.44. The number of likely N-dealkylation sites (N-methyl/N-ethyl adjacent to an activating group) is 1. The second-order valence-electron chi connectivity index (χ2n) is 7.17. The zero-order valence-corrected chi connectivity index (χ0v) is 14.6. The van der Waals surface area contributed by atoms with Crippen molar-refractivity contribution in [3.63, 3.8) is 0 Å². The molecule has 0 fully saturated rings. The topological polar surface area (TPSA) is 90.5 Å². The van der Waals surface area contributed by atoms with Crippen molar-refractivity contribution in [2.24, 2.45) is 17.3 Å². The number of rotatable bonds is 8. The molecule has 2 amide bonds. The molecule has 0 aliphatic heterocycles. The van der Waals surface area contributed by atoms with Gasteiger partial charge in [0.25, 0.3) is 0 Å². The van der Waals surface area contributed by atoms with E-state index in [1.165, 1.54) is 0 Å². The van der Waals surface area contributed by atoms with E-state index in [1.807, 2.05) is 40.1 Å². The molecule has 0 aromatic carbocycles. The smallest absolute Gasteiger partial charge is 0.242 e. The maximum atomic E-state index is 12.6. The largest absolute Gasteiger partial charge is 0.357 e. The summed E-state index contributed by atoms with van der Waals surface area (Å²) in [6.07, 6.45) is 0.974. The molecule has 0 aromatic rings. The summed E-state index contributed by atoms with van der Waals surface area (Å²) in [6.45, 7) is 13.4. The van der Waals surface area contributed by atoms with E-state index in [4.69, 9.17) is 5.21 Å². The Labute approximate surface area is 133 Å². The van der Waals surface area contributed by atoms with Gasteiger partial charge in [-0.15, -0.1) is 0 Å². The van der Waals surface area contributed by atoms with Crippen molar-refractivity contribution in [1.29, 1.82) is 0 Å². The Morgan fingerprint density at radius 3 is 2.09 bits per heavy atom. The van der Waals surface area contributed by atoms with Crippen molar-refractivity contribution in [2.45, 2.75) is 53.5 Å². The Balaban J connectivity index is 5.11. The van der Waals surface area contributed by atoms with Gasteiger partial charge in [0, 0.05) is 25.1 Å². The van der Waals surface area contributed by atoms with Crippen LogP contribution in [0.1, 0.15) is 47.5 Å². The van der Waals surface area contributed by atoms with Crippen molar-refractivity contribution < 1.29 is 14.8 Å². The van der Waals surface area contributed by atoms with Crippen molar-refractivity contribution in [1.82, 2.24) is 16.1 Å². The van der Waals surface area contributed by atoms with E-state index in [1.54, 1.807) is 7.05 Å². The summed E-state index contributed by atoms with van der Waals surface area (Å²) in [5.74, 6) is -0.450. The number of hydrogen-bond acceptors (Lipinski definition) is 4. The molecule has 4 N–H and O–H groups in total. The highest BCUT2D eigenvalue weighted by Gasteiger charge is 2.34. The number of nitrogens with one attached hydrogen (secondary N) is 3. The molecule has 2 atom stereocenters. The van der Waals surface area contributed by atoms with Crippen LogP contribution < -0.4 is 16.1 Å². The van der Waals surface area contributed by atoms with E-state index in [0.29, 0.717) is 24.5 Å². The van der Waals surface area contributed by atoms with Crippen LogP contribution in [0.4, 0.5) is 0 Å². The summed E-state index contributed by atoms with van der Waals surface area (Å²) < 4.78 is 0. The zero-order valence-electron chi connectivity index (χ0n) is 14.6.